The summed E-state index contributed by atoms with van der Waals surface area (Å²) in [6.07, 6.45) is 0. The molecular formula is C14H12N2O2. The quantitative estimate of drug-likeness (QED) is 0.676. The third-order valence-electron chi connectivity index (χ3n) is 2.95. The number of fused-ring (bicyclic) bond motifs is 1. The van der Waals surface area contributed by atoms with Gasteiger partial charge >= 0.3 is 0 Å². The van der Waals surface area contributed by atoms with Gasteiger partial charge in [-0.1, -0.05) is 18.2 Å². The highest BCUT2D eigenvalue weighted by molar-refractivity contribution is 6.08. The van der Waals surface area contributed by atoms with Crippen molar-refractivity contribution >= 4 is 22.4 Å². The van der Waals surface area contributed by atoms with Crippen molar-refractivity contribution < 1.29 is 9.21 Å². The molecule has 0 fully saturated rings. The van der Waals surface area contributed by atoms with Gasteiger partial charge in [0, 0.05) is 17.0 Å². The standard InChI is InChI=1S/C14H12N2O2/c1-8-10(15)7-13(18-8)14(17)12-6-9-4-2-3-5-11(9)16-12/h2-7,16H,15H2,1H3. The van der Waals surface area contributed by atoms with Gasteiger partial charge in [0.25, 0.3) is 0 Å². The Kier molecular flexibility index (Phi) is 2.23. The number of H-pyrrole nitrogens is 1. The molecule has 0 spiro atoms. The number of anilines is 1. The summed E-state index contributed by atoms with van der Waals surface area (Å²) < 4.78 is 5.33. The number of hydrogen-bond acceptors (Lipinski definition) is 3. The summed E-state index contributed by atoms with van der Waals surface area (Å²) in [6.45, 7) is 1.73. The van der Waals surface area contributed by atoms with Crippen molar-refractivity contribution in [1.82, 2.24) is 4.98 Å². The molecule has 0 aliphatic carbocycles. The Balaban J connectivity index is 2.06. The topological polar surface area (TPSA) is 72.0 Å². The molecule has 3 rings (SSSR count). The predicted octanol–water partition coefficient (Wildman–Crippen LogP) is 2.88. The summed E-state index contributed by atoms with van der Waals surface area (Å²) in [5.74, 6) is 0.636. The summed E-state index contributed by atoms with van der Waals surface area (Å²) in [7, 11) is 0. The van der Waals surface area contributed by atoms with Crippen LogP contribution < -0.4 is 5.73 Å². The molecule has 4 nitrogen and oxygen atoms in total. The molecule has 3 aromatic rings. The molecule has 0 unspecified atom stereocenters. The van der Waals surface area contributed by atoms with Crippen LogP contribution in [0.3, 0.4) is 0 Å². The maximum absolute atomic E-state index is 12.2. The van der Waals surface area contributed by atoms with E-state index < -0.39 is 0 Å². The van der Waals surface area contributed by atoms with Crippen molar-refractivity contribution in [3.8, 4) is 0 Å². The lowest BCUT2D eigenvalue weighted by molar-refractivity contribution is 0.100. The van der Waals surface area contributed by atoms with Crippen LogP contribution in [0.15, 0.2) is 40.8 Å². The number of aromatic amines is 1. The van der Waals surface area contributed by atoms with E-state index >= 15 is 0 Å². The summed E-state index contributed by atoms with van der Waals surface area (Å²) in [4.78, 5) is 15.3. The number of carbonyl (C=O) groups is 1. The van der Waals surface area contributed by atoms with E-state index in [1.54, 1.807) is 13.0 Å². The molecule has 3 N–H and O–H groups in total. The van der Waals surface area contributed by atoms with Gasteiger partial charge in [-0.05, 0) is 19.1 Å². The fourth-order valence-electron chi connectivity index (χ4n) is 1.94. The van der Waals surface area contributed by atoms with Crippen LogP contribution in [-0.4, -0.2) is 10.8 Å². The number of nitrogens with two attached hydrogens (primary N) is 1. The van der Waals surface area contributed by atoms with E-state index in [9.17, 15) is 4.79 Å². The molecule has 0 aliphatic heterocycles. The predicted molar refractivity (Wildman–Crippen MR) is 69.6 cm³/mol. The van der Waals surface area contributed by atoms with Crippen LogP contribution in [0.4, 0.5) is 5.69 Å². The van der Waals surface area contributed by atoms with E-state index in [2.05, 4.69) is 4.98 Å². The first-order valence-corrected chi connectivity index (χ1v) is 5.63. The number of para-hydroxylation sites is 1. The van der Waals surface area contributed by atoms with Crippen LogP contribution in [0.1, 0.15) is 22.0 Å². The number of furan rings is 1. The van der Waals surface area contributed by atoms with Crippen molar-refractivity contribution in [2.45, 2.75) is 6.92 Å². The molecule has 2 heterocycles. The molecule has 0 radical (unpaired) electrons. The van der Waals surface area contributed by atoms with Crippen LogP contribution in [0.2, 0.25) is 0 Å². The van der Waals surface area contributed by atoms with Gasteiger partial charge in [0.1, 0.15) is 5.76 Å². The van der Waals surface area contributed by atoms with Crippen molar-refractivity contribution in [1.29, 1.82) is 0 Å². The molecule has 4 heteroatoms. The molecule has 0 atom stereocenters. The Morgan fingerprint density at radius 3 is 2.72 bits per heavy atom. The number of ketones is 1. The fourth-order valence-corrected chi connectivity index (χ4v) is 1.94. The first-order chi connectivity index (χ1) is 8.65. The van der Waals surface area contributed by atoms with E-state index in [4.69, 9.17) is 10.2 Å². The number of nitrogen functional groups attached to an aromatic ring is 1. The molecule has 0 amide bonds. The van der Waals surface area contributed by atoms with Crippen molar-refractivity contribution in [2.24, 2.45) is 0 Å². The van der Waals surface area contributed by atoms with E-state index in [-0.39, 0.29) is 11.5 Å². The van der Waals surface area contributed by atoms with Crippen LogP contribution in [0.25, 0.3) is 10.9 Å². The SMILES string of the molecule is Cc1oc(C(=O)c2cc3ccccc3[nH]2)cc1N. The monoisotopic (exact) mass is 240 g/mol. The third-order valence-corrected chi connectivity index (χ3v) is 2.95. The van der Waals surface area contributed by atoms with Gasteiger partial charge in [-0.15, -0.1) is 0 Å². The second-order valence-electron chi connectivity index (χ2n) is 4.22. The average molecular weight is 240 g/mol. The molecule has 0 aliphatic rings. The number of hydrogen-bond donors (Lipinski definition) is 2. The minimum absolute atomic E-state index is 0.189. The van der Waals surface area contributed by atoms with Gasteiger partial charge in [-0.2, -0.15) is 0 Å². The maximum Gasteiger partial charge on any atom is 0.244 e. The Bertz CT molecular complexity index is 685. The second-order valence-corrected chi connectivity index (χ2v) is 4.22. The van der Waals surface area contributed by atoms with Crippen LogP contribution in [0.5, 0.6) is 0 Å². The van der Waals surface area contributed by atoms with Gasteiger partial charge in [0.2, 0.25) is 5.78 Å². The zero-order chi connectivity index (χ0) is 12.7. The molecular weight excluding hydrogens is 228 g/mol. The molecule has 0 saturated heterocycles. The van der Waals surface area contributed by atoms with Crippen LogP contribution in [-0.2, 0) is 0 Å². The Morgan fingerprint density at radius 2 is 2.06 bits per heavy atom. The van der Waals surface area contributed by atoms with E-state index in [0.29, 0.717) is 17.1 Å². The van der Waals surface area contributed by atoms with Gasteiger partial charge in [-0.3, -0.25) is 4.79 Å². The van der Waals surface area contributed by atoms with Crippen molar-refractivity contribution in [2.75, 3.05) is 5.73 Å². The van der Waals surface area contributed by atoms with E-state index in [1.165, 1.54) is 0 Å². The highest BCUT2D eigenvalue weighted by Crippen LogP contribution is 2.21. The number of rotatable bonds is 2. The van der Waals surface area contributed by atoms with Crippen LogP contribution in [0, 0.1) is 6.92 Å². The lowest BCUT2D eigenvalue weighted by Gasteiger charge is -1.92. The molecule has 0 saturated carbocycles. The summed E-state index contributed by atoms with van der Waals surface area (Å²) in [5, 5.41) is 0.997. The van der Waals surface area contributed by atoms with Crippen molar-refractivity contribution in [3.63, 3.8) is 0 Å². The molecule has 2 aromatic heterocycles. The third kappa shape index (κ3) is 1.59. The first kappa shape index (κ1) is 10.7. The van der Waals surface area contributed by atoms with E-state index in [1.807, 2.05) is 30.3 Å². The fraction of sp³-hybridized carbons (Fsp3) is 0.0714. The molecule has 18 heavy (non-hydrogen) atoms. The highest BCUT2D eigenvalue weighted by atomic mass is 16.3. The van der Waals surface area contributed by atoms with Gasteiger partial charge < -0.3 is 15.1 Å². The number of aryl methyl sites for hydroxylation is 1. The summed E-state index contributed by atoms with van der Waals surface area (Å²) in [5.41, 5.74) is 7.60. The molecule has 1 aromatic carbocycles. The number of nitrogens with one attached hydrogen (secondary N) is 1. The highest BCUT2D eigenvalue weighted by Gasteiger charge is 2.17. The Morgan fingerprint density at radius 1 is 1.28 bits per heavy atom. The zero-order valence-electron chi connectivity index (χ0n) is 9.86. The zero-order valence-corrected chi connectivity index (χ0v) is 9.86. The normalized spacial score (nSPS) is 10.9. The smallest absolute Gasteiger partial charge is 0.244 e. The average Bonchev–Trinajstić information content (AvgIpc) is 2.93. The van der Waals surface area contributed by atoms with Gasteiger partial charge in [0.15, 0.2) is 5.76 Å². The van der Waals surface area contributed by atoms with Crippen LogP contribution >= 0.6 is 0 Å². The molecule has 0 bridgehead atoms. The Labute approximate surface area is 103 Å². The van der Waals surface area contributed by atoms with Crippen molar-refractivity contribution in [3.05, 3.63) is 53.6 Å². The summed E-state index contributed by atoms with van der Waals surface area (Å²) in [6, 6.07) is 11.1. The first-order valence-electron chi connectivity index (χ1n) is 5.63. The number of carbonyl (C=O) groups excluding carboxylic acids is 1. The lowest BCUT2D eigenvalue weighted by atomic mass is 10.2. The van der Waals surface area contributed by atoms with Gasteiger partial charge in [0.05, 0.1) is 11.4 Å². The molecule has 90 valence electrons. The number of benzene rings is 1. The summed E-state index contributed by atoms with van der Waals surface area (Å²) >= 11 is 0. The largest absolute Gasteiger partial charge is 0.456 e. The minimum Gasteiger partial charge on any atom is -0.456 e. The Hall–Kier alpha value is -2.49. The minimum atomic E-state index is -0.189. The lowest BCUT2D eigenvalue weighted by Crippen LogP contribution is -1.99. The number of aromatic nitrogens is 1. The maximum atomic E-state index is 12.2. The second kappa shape index (κ2) is 3.77. The van der Waals surface area contributed by atoms with E-state index in [0.717, 1.165) is 10.9 Å². The van der Waals surface area contributed by atoms with Gasteiger partial charge in [-0.25, -0.2) is 0 Å².